The second-order valence-electron chi connectivity index (χ2n) is 7.43. The summed E-state index contributed by atoms with van der Waals surface area (Å²) in [5.74, 6) is 0.0688. The molecule has 0 atom stereocenters. The molecule has 0 saturated heterocycles. The van der Waals surface area contributed by atoms with Crippen LogP contribution in [-0.4, -0.2) is 21.1 Å². The number of carbonyl (C=O) groups is 1. The van der Waals surface area contributed by atoms with Gasteiger partial charge < -0.3 is 15.3 Å². The van der Waals surface area contributed by atoms with Gasteiger partial charge in [-0.05, 0) is 59.7 Å². The second-order valence-corrected chi connectivity index (χ2v) is 8.48. The van der Waals surface area contributed by atoms with Gasteiger partial charge in [0.15, 0.2) is 5.78 Å². The summed E-state index contributed by atoms with van der Waals surface area (Å²) in [6, 6.07) is 25.8. The standard InChI is InChI=1S/C27H18O4S/c28-18-13-11-16(12-14-18)27-25(26(31)17-5-3-6-19(29)15-17)24-21(8-4-10-23(24)32-27)20-7-1-2-9-22(20)30/h1-15,28-30H. The summed E-state index contributed by atoms with van der Waals surface area (Å²) in [6.07, 6.45) is 0. The quantitative estimate of drug-likeness (QED) is 0.277. The first-order valence-corrected chi connectivity index (χ1v) is 10.8. The Morgan fingerprint density at radius 3 is 2.16 bits per heavy atom. The zero-order valence-corrected chi connectivity index (χ0v) is 17.6. The molecule has 5 rings (SSSR count). The van der Waals surface area contributed by atoms with Gasteiger partial charge in [-0.2, -0.15) is 0 Å². The highest BCUT2D eigenvalue weighted by Gasteiger charge is 2.24. The van der Waals surface area contributed by atoms with Crippen LogP contribution in [0, 0.1) is 0 Å². The maximum Gasteiger partial charge on any atom is 0.195 e. The van der Waals surface area contributed by atoms with Crippen molar-refractivity contribution in [3.8, 4) is 38.8 Å². The average molecular weight is 439 g/mol. The first-order chi connectivity index (χ1) is 15.5. The molecule has 3 N–H and O–H groups in total. The molecule has 0 aliphatic rings. The summed E-state index contributed by atoms with van der Waals surface area (Å²) < 4.78 is 0.900. The van der Waals surface area contributed by atoms with E-state index in [1.165, 1.54) is 23.5 Å². The van der Waals surface area contributed by atoms with Crippen LogP contribution >= 0.6 is 11.3 Å². The minimum atomic E-state index is -0.224. The van der Waals surface area contributed by atoms with Gasteiger partial charge in [-0.15, -0.1) is 11.3 Å². The third-order valence-corrected chi connectivity index (χ3v) is 6.58. The van der Waals surface area contributed by atoms with Crippen LogP contribution in [0.25, 0.3) is 31.7 Å². The number of phenols is 3. The topological polar surface area (TPSA) is 77.8 Å². The molecule has 0 spiro atoms. The molecule has 156 valence electrons. The van der Waals surface area contributed by atoms with E-state index >= 15 is 0 Å². The fraction of sp³-hybridized carbons (Fsp3) is 0. The molecule has 0 amide bonds. The molecule has 0 radical (unpaired) electrons. The largest absolute Gasteiger partial charge is 0.508 e. The number of rotatable bonds is 4. The van der Waals surface area contributed by atoms with E-state index in [4.69, 9.17) is 0 Å². The normalized spacial score (nSPS) is 11.0. The first kappa shape index (κ1) is 19.8. The SMILES string of the molecule is O=C(c1cccc(O)c1)c1c(-c2ccc(O)cc2)sc2cccc(-c3ccccc3O)c12. The van der Waals surface area contributed by atoms with E-state index in [0.717, 1.165) is 26.1 Å². The van der Waals surface area contributed by atoms with Gasteiger partial charge in [0, 0.05) is 31.7 Å². The average Bonchev–Trinajstić information content (AvgIpc) is 3.19. The summed E-state index contributed by atoms with van der Waals surface area (Å²) in [5, 5.41) is 30.9. The number of aromatic hydroxyl groups is 3. The smallest absolute Gasteiger partial charge is 0.195 e. The number of benzene rings is 4. The number of para-hydroxylation sites is 1. The number of fused-ring (bicyclic) bond motifs is 1. The predicted molar refractivity (Wildman–Crippen MR) is 128 cm³/mol. The van der Waals surface area contributed by atoms with Gasteiger partial charge in [0.2, 0.25) is 0 Å². The van der Waals surface area contributed by atoms with Crippen molar-refractivity contribution in [2.24, 2.45) is 0 Å². The highest BCUT2D eigenvalue weighted by atomic mass is 32.1. The Labute approximate surface area is 188 Å². The number of hydrogen-bond acceptors (Lipinski definition) is 5. The van der Waals surface area contributed by atoms with Crippen LogP contribution < -0.4 is 0 Å². The number of ketones is 1. The fourth-order valence-corrected chi connectivity index (χ4v) is 5.13. The van der Waals surface area contributed by atoms with Crippen LogP contribution in [0.1, 0.15) is 15.9 Å². The van der Waals surface area contributed by atoms with Crippen molar-refractivity contribution in [3.63, 3.8) is 0 Å². The van der Waals surface area contributed by atoms with Crippen LogP contribution in [-0.2, 0) is 0 Å². The molecule has 0 aliphatic heterocycles. The van der Waals surface area contributed by atoms with Crippen molar-refractivity contribution in [3.05, 3.63) is 102 Å². The number of thiophene rings is 1. The lowest BCUT2D eigenvalue weighted by Crippen LogP contribution is -2.02. The van der Waals surface area contributed by atoms with Crippen LogP contribution in [0.3, 0.4) is 0 Å². The predicted octanol–water partition coefficient (Wildman–Crippen LogP) is 6.58. The van der Waals surface area contributed by atoms with E-state index in [2.05, 4.69) is 0 Å². The maximum atomic E-state index is 13.8. The summed E-state index contributed by atoms with van der Waals surface area (Å²) in [4.78, 5) is 14.5. The van der Waals surface area contributed by atoms with Gasteiger partial charge in [-0.25, -0.2) is 0 Å². The Kier molecular flexibility index (Phi) is 4.88. The summed E-state index contributed by atoms with van der Waals surface area (Å²) >= 11 is 1.48. The van der Waals surface area contributed by atoms with Crippen molar-refractivity contribution in [1.82, 2.24) is 0 Å². The van der Waals surface area contributed by atoms with E-state index in [1.54, 1.807) is 48.5 Å². The lowest BCUT2D eigenvalue weighted by Gasteiger charge is -2.10. The molecular formula is C27H18O4S. The lowest BCUT2D eigenvalue weighted by molar-refractivity contribution is 0.104. The molecule has 32 heavy (non-hydrogen) atoms. The summed E-state index contributed by atoms with van der Waals surface area (Å²) in [5.41, 5.74) is 3.07. The Morgan fingerprint density at radius 1 is 0.688 bits per heavy atom. The molecule has 0 fully saturated rings. The Balaban J connectivity index is 1.85. The fourth-order valence-electron chi connectivity index (χ4n) is 3.90. The molecule has 0 saturated carbocycles. The van der Waals surface area contributed by atoms with E-state index in [9.17, 15) is 20.1 Å². The molecule has 5 heteroatoms. The monoisotopic (exact) mass is 438 g/mol. The Bertz CT molecular complexity index is 1470. The van der Waals surface area contributed by atoms with E-state index in [1.807, 2.05) is 30.3 Å². The third kappa shape index (κ3) is 3.39. The minimum Gasteiger partial charge on any atom is -0.508 e. The lowest BCUT2D eigenvalue weighted by atomic mass is 9.92. The number of carbonyl (C=O) groups excluding carboxylic acids is 1. The van der Waals surface area contributed by atoms with Gasteiger partial charge in [-0.3, -0.25) is 4.79 Å². The molecule has 4 nitrogen and oxygen atoms in total. The van der Waals surface area contributed by atoms with Crippen molar-refractivity contribution in [2.75, 3.05) is 0 Å². The van der Waals surface area contributed by atoms with Crippen molar-refractivity contribution < 1.29 is 20.1 Å². The minimum absolute atomic E-state index is 0.0162. The van der Waals surface area contributed by atoms with Crippen molar-refractivity contribution >= 4 is 27.2 Å². The van der Waals surface area contributed by atoms with Gasteiger partial charge in [0.05, 0.1) is 0 Å². The zero-order chi connectivity index (χ0) is 22.2. The van der Waals surface area contributed by atoms with Crippen molar-refractivity contribution in [2.45, 2.75) is 0 Å². The number of hydrogen-bond donors (Lipinski definition) is 3. The van der Waals surface area contributed by atoms with Gasteiger partial charge >= 0.3 is 0 Å². The molecule has 0 unspecified atom stereocenters. The molecule has 0 bridgehead atoms. The molecule has 4 aromatic carbocycles. The molecule has 0 aliphatic carbocycles. The molecule has 5 aromatic rings. The number of phenolic OH excluding ortho intramolecular Hbond substituents is 3. The zero-order valence-electron chi connectivity index (χ0n) is 16.8. The van der Waals surface area contributed by atoms with Crippen LogP contribution in [0.5, 0.6) is 17.2 Å². The highest BCUT2D eigenvalue weighted by molar-refractivity contribution is 7.23. The maximum absolute atomic E-state index is 13.8. The van der Waals surface area contributed by atoms with E-state index < -0.39 is 0 Å². The second kappa shape index (κ2) is 7.87. The molecule has 1 aromatic heterocycles. The van der Waals surface area contributed by atoms with Gasteiger partial charge in [0.1, 0.15) is 17.2 Å². The van der Waals surface area contributed by atoms with Crippen LogP contribution in [0.2, 0.25) is 0 Å². The summed E-state index contributed by atoms with van der Waals surface area (Å²) in [7, 11) is 0. The van der Waals surface area contributed by atoms with E-state index in [0.29, 0.717) is 16.7 Å². The molecule has 1 heterocycles. The first-order valence-electron chi connectivity index (χ1n) is 10.00. The Morgan fingerprint density at radius 2 is 1.41 bits per heavy atom. The van der Waals surface area contributed by atoms with Crippen LogP contribution in [0.15, 0.2) is 91.0 Å². The summed E-state index contributed by atoms with van der Waals surface area (Å²) in [6.45, 7) is 0. The highest BCUT2D eigenvalue weighted by Crippen LogP contribution is 2.45. The molecular weight excluding hydrogens is 420 g/mol. The Hall–Kier alpha value is -4.09. The van der Waals surface area contributed by atoms with Gasteiger partial charge in [-0.1, -0.05) is 42.5 Å². The third-order valence-electron chi connectivity index (χ3n) is 5.37. The van der Waals surface area contributed by atoms with Gasteiger partial charge in [0.25, 0.3) is 0 Å². The van der Waals surface area contributed by atoms with E-state index in [-0.39, 0.29) is 23.0 Å². The van der Waals surface area contributed by atoms with Crippen molar-refractivity contribution in [1.29, 1.82) is 0 Å². The van der Waals surface area contributed by atoms with Crippen LogP contribution in [0.4, 0.5) is 0 Å².